The van der Waals surface area contributed by atoms with Crippen LogP contribution in [0.3, 0.4) is 0 Å². The number of aromatic nitrogens is 3. The molecule has 18 heavy (non-hydrogen) atoms. The van der Waals surface area contributed by atoms with Crippen LogP contribution in [0.1, 0.15) is 41.5 Å². The van der Waals surface area contributed by atoms with Crippen molar-refractivity contribution in [1.82, 2.24) is 20.2 Å². The minimum atomic E-state index is 0.0883. The predicted molar refractivity (Wildman–Crippen MR) is 73.2 cm³/mol. The van der Waals surface area contributed by atoms with Crippen molar-refractivity contribution in [2.45, 2.75) is 39.3 Å². The summed E-state index contributed by atoms with van der Waals surface area (Å²) >= 11 is 1.76. The molecule has 1 atom stereocenters. The maximum atomic E-state index is 5.66. The maximum Gasteiger partial charge on any atom is 0.138 e. The molecule has 0 aliphatic heterocycles. The van der Waals surface area contributed by atoms with E-state index in [-0.39, 0.29) is 6.04 Å². The van der Waals surface area contributed by atoms with Gasteiger partial charge in [0.05, 0.1) is 6.04 Å². The highest BCUT2D eigenvalue weighted by Crippen LogP contribution is 2.25. The van der Waals surface area contributed by atoms with Gasteiger partial charge in [0.1, 0.15) is 12.2 Å². The molecule has 1 unspecified atom stereocenters. The molecule has 0 saturated carbocycles. The molecular weight excluding hydrogens is 246 g/mol. The van der Waals surface area contributed by atoms with E-state index in [1.165, 1.54) is 9.75 Å². The highest BCUT2D eigenvalue weighted by atomic mass is 32.1. The van der Waals surface area contributed by atoms with Gasteiger partial charge in [-0.05, 0) is 32.9 Å². The second-order valence-electron chi connectivity index (χ2n) is 4.59. The van der Waals surface area contributed by atoms with Crippen LogP contribution in [0, 0.1) is 6.92 Å². The second-order valence-corrected chi connectivity index (χ2v) is 5.91. The molecule has 0 aliphatic rings. The van der Waals surface area contributed by atoms with Crippen molar-refractivity contribution in [2.24, 2.45) is 5.84 Å². The Bertz CT molecular complexity index is 502. The molecule has 0 aliphatic carbocycles. The third-order valence-electron chi connectivity index (χ3n) is 2.83. The summed E-state index contributed by atoms with van der Waals surface area (Å²) in [6, 6.07) is 4.62. The van der Waals surface area contributed by atoms with Crippen LogP contribution >= 0.6 is 11.3 Å². The molecule has 6 heteroatoms. The summed E-state index contributed by atoms with van der Waals surface area (Å²) in [6.07, 6.45) is 2.34. The van der Waals surface area contributed by atoms with Crippen LogP contribution in [0.2, 0.25) is 0 Å². The molecule has 2 aromatic rings. The van der Waals surface area contributed by atoms with Crippen molar-refractivity contribution in [2.75, 3.05) is 0 Å². The molecule has 0 bridgehead atoms. The topological polar surface area (TPSA) is 68.8 Å². The fraction of sp³-hybridized carbons (Fsp3) is 0.500. The fourth-order valence-electron chi connectivity index (χ4n) is 1.92. The van der Waals surface area contributed by atoms with E-state index in [0.29, 0.717) is 6.04 Å². The van der Waals surface area contributed by atoms with Crippen molar-refractivity contribution >= 4 is 11.3 Å². The molecule has 0 radical (unpaired) electrons. The number of aryl methyl sites for hydroxylation is 1. The van der Waals surface area contributed by atoms with Crippen molar-refractivity contribution in [1.29, 1.82) is 0 Å². The summed E-state index contributed by atoms with van der Waals surface area (Å²) in [6.45, 7) is 6.29. The van der Waals surface area contributed by atoms with Crippen LogP contribution in [0.5, 0.6) is 0 Å². The van der Waals surface area contributed by atoms with Gasteiger partial charge < -0.3 is 0 Å². The lowest BCUT2D eigenvalue weighted by Gasteiger charge is -2.15. The van der Waals surface area contributed by atoms with Crippen LogP contribution in [0.15, 0.2) is 18.5 Å². The van der Waals surface area contributed by atoms with Crippen LogP contribution in [0.4, 0.5) is 0 Å². The Labute approximate surface area is 111 Å². The minimum Gasteiger partial charge on any atom is -0.271 e. The van der Waals surface area contributed by atoms with Crippen molar-refractivity contribution in [3.63, 3.8) is 0 Å². The molecule has 2 aromatic heterocycles. The van der Waals surface area contributed by atoms with Gasteiger partial charge >= 0.3 is 0 Å². The zero-order chi connectivity index (χ0) is 13.1. The zero-order valence-corrected chi connectivity index (χ0v) is 11.7. The van der Waals surface area contributed by atoms with E-state index >= 15 is 0 Å². The SMILES string of the molecule is Cc1ccc(C(Cc2ncnn2C(C)C)NN)s1. The zero-order valence-electron chi connectivity index (χ0n) is 10.9. The highest BCUT2D eigenvalue weighted by Gasteiger charge is 2.17. The number of thiophene rings is 1. The molecule has 3 N–H and O–H groups in total. The average Bonchev–Trinajstić information content (AvgIpc) is 2.94. The number of hydrogen-bond acceptors (Lipinski definition) is 5. The maximum absolute atomic E-state index is 5.66. The quantitative estimate of drug-likeness (QED) is 0.640. The molecule has 0 amide bonds. The lowest BCUT2D eigenvalue weighted by atomic mass is 10.1. The first-order valence-corrected chi connectivity index (χ1v) is 6.84. The first-order chi connectivity index (χ1) is 8.61. The Morgan fingerprint density at radius 3 is 2.78 bits per heavy atom. The molecule has 5 nitrogen and oxygen atoms in total. The Morgan fingerprint density at radius 2 is 2.22 bits per heavy atom. The first kappa shape index (κ1) is 13.2. The van der Waals surface area contributed by atoms with Gasteiger partial charge in [0.2, 0.25) is 0 Å². The molecule has 98 valence electrons. The Morgan fingerprint density at radius 1 is 1.44 bits per heavy atom. The normalized spacial score (nSPS) is 13.2. The average molecular weight is 265 g/mol. The van der Waals surface area contributed by atoms with E-state index in [0.717, 1.165) is 12.2 Å². The van der Waals surface area contributed by atoms with Gasteiger partial charge in [0.15, 0.2) is 0 Å². The molecule has 2 rings (SSSR count). The fourth-order valence-corrected chi connectivity index (χ4v) is 2.85. The van der Waals surface area contributed by atoms with Crippen LogP contribution in [-0.4, -0.2) is 14.8 Å². The van der Waals surface area contributed by atoms with Gasteiger partial charge in [-0.1, -0.05) is 0 Å². The Hall–Kier alpha value is -1.24. The first-order valence-electron chi connectivity index (χ1n) is 6.02. The minimum absolute atomic E-state index is 0.0883. The summed E-state index contributed by atoms with van der Waals surface area (Å²) in [5.74, 6) is 6.61. The van der Waals surface area contributed by atoms with E-state index in [2.05, 4.69) is 48.4 Å². The van der Waals surface area contributed by atoms with E-state index in [9.17, 15) is 0 Å². The van der Waals surface area contributed by atoms with Gasteiger partial charge in [-0.15, -0.1) is 11.3 Å². The highest BCUT2D eigenvalue weighted by molar-refractivity contribution is 7.12. The molecule has 0 spiro atoms. The standard InChI is InChI=1S/C12H19N5S/c1-8(2)17-12(14-7-15-17)6-10(16-13)11-5-4-9(3)18-11/h4-5,7-8,10,16H,6,13H2,1-3H3. The molecular formula is C12H19N5S. The number of hydrogen-bond donors (Lipinski definition) is 2. The lowest BCUT2D eigenvalue weighted by Crippen LogP contribution is -2.30. The Balaban J connectivity index is 2.18. The van der Waals surface area contributed by atoms with E-state index in [1.807, 2.05) is 4.68 Å². The summed E-state index contributed by atoms with van der Waals surface area (Å²) in [4.78, 5) is 6.84. The summed E-state index contributed by atoms with van der Waals surface area (Å²) in [5.41, 5.74) is 2.87. The summed E-state index contributed by atoms with van der Waals surface area (Å²) in [7, 11) is 0. The molecule has 0 saturated heterocycles. The largest absolute Gasteiger partial charge is 0.271 e. The summed E-state index contributed by atoms with van der Waals surface area (Å²) in [5, 5.41) is 4.24. The van der Waals surface area contributed by atoms with Gasteiger partial charge in [-0.2, -0.15) is 5.10 Å². The molecule has 0 aromatic carbocycles. The Kier molecular flexibility index (Phi) is 4.11. The van der Waals surface area contributed by atoms with Gasteiger partial charge in [0, 0.05) is 22.2 Å². The van der Waals surface area contributed by atoms with Crippen LogP contribution in [-0.2, 0) is 6.42 Å². The number of nitrogens with zero attached hydrogens (tertiary/aromatic N) is 3. The van der Waals surface area contributed by atoms with E-state index in [4.69, 9.17) is 5.84 Å². The van der Waals surface area contributed by atoms with Gasteiger partial charge in [-0.3, -0.25) is 11.3 Å². The lowest BCUT2D eigenvalue weighted by molar-refractivity contribution is 0.471. The number of rotatable bonds is 5. The van der Waals surface area contributed by atoms with Gasteiger partial charge in [0.25, 0.3) is 0 Å². The number of nitrogens with one attached hydrogen (secondary N) is 1. The van der Waals surface area contributed by atoms with Crippen LogP contribution < -0.4 is 11.3 Å². The number of nitrogens with two attached hydrogens (primary N) is 1. The van der Waals surface area contributed by atoms with Crippen LogP contribution in [0.25, 0.3) is 0 Å². The van der Waals surface area contributed by atoms with E-state index in [1.54, 1.807) is 17.7 Å². The molecule has 0 fully saturated rings. The monoisotopic (exact) mass is 265 g/mol. The van der Waals surface area contributed by atoms with Crippen molar-refractivity contribution in [3.05, 3.63) is 34.0 Å². The third-order valence-corrected chi connectivity index (χ3v) is 3.94. The van der Waals surface area contributed by atoms with Crippen molar-refractivity contribution < 1.29 is 0 Å². The number of hydrazine groups is 1. The summed E-state index contributed by atoms with van der Waals surface area (Å²) < 4.78 is 1.94. The molecule has 2 heterocycles. The second kappa shape index (κ2) is 5.60. The van der Waals surface area contributed by atoms with Crippen molar-refractivity contribution in [3.8, 4) is 0 Å². The smallest absolute Gasteiger partial charge is 0.138 e. The van der Waals surface area contributed by atoms with E-state index < -0.39 is 0 Å². The van der Waals surface area contributed by atoms with Gasteiger partial charge in [-0.25, -0.2) is 9.67 Å². The predicted octanol–water partition coefficient (Wildman–Crippen LogP) is 1.98. The third kappa shape index (κ3) is 2.77.